The van der Waals surface area contributed by atoms with E-state index in [1.807, 2.05) is 42.1 Å². The third kappa shape index (κ3) is 5.75. The number of fused-ring (bicyclic) bond motifs is 1. The number of carbonyl (C=O) groups is 1. The molecule has 0 bridgehead atoms. The summed E-state index contributed by atoms with van der Waals surface area (Å²) in [6, 6.07) is 16.1. The number of thiophene rings is 1. The molecule has 2 N–H and O–H groups in total. The Morgan fingerprint density at radius 2 is 1.92 bits per heavy atom. The van der Waals surface area contributed by atoms with Crippen molar-refractivity contribution in [1.29, 1.82) is 0 Å². The fraction of sp³-hybridized carbons (Fsp3) is 0.148. The molecule has 188 valence electrons. The van der Waals surface area contributed by atoms with Crippen molar-refractivity contribution in [3.8, 4) is 22.1 Å². The monoisotopic (exact) mass is 519 g/mol. The number of nitrogens with one attached hydrogen (secondary N) is 2. The Bertz CT molecular complexity index is 1540. The number of aryl methyl sites for hydroxylation is 1. The molecule has 0 saturated heterocycles. The first-order valence-corrected chi connectivity index (χ1v) is 12.3. The van der Waals surface area contributed by atoms with Crippen LogP contribution in [0.2, 0.25) is 0 Å². The van der Waals surface area contributed by atoms with Crippen LogP contribution in [0.15, 0.2) is 79.4 Å². The minimum atomic E-state index is -0.728. The van der Waals surface area contributed by atoms with Gasteiger partial charge in [-0.05, 0) is 30.3 Å². The van der Waals surface area contributed by atoms with Crippen LogP contribution in [0.3, 0.4) is 0 Å². The van der Waals surface area contributed by atoms with E-state index in [1.54, 1.807) is 30.7 Å². The van der Waals surface area contributed by atoms with E-state index in [0.29, 0.717) is 11.4 Å². The molecule has 7 nitrogen and oxygen atoms in total. The summed E-state index contributed by atoms with van der Waals surface area (Å²) in [7, 11) is 1.90. The lowest BCUT2D eigenvalue weighted by Gasteiger charge is -2.16. The Morgan fingerprint density at radius 3 is 2.65 bits per heavy atom. The Labute approximate surface area is 215 Å². The number of pyridine rings is 1. The van der Waals surface area contributed by atoms with Gasteiger partial charge in [-0.1, -0.05) is 18.2 Å². The van der Waals surface area contributed by atoms with Crippen molar-refractivity contribution < 1.29 is 18.3 Å². The first-order chi connectivity index (χ1) is 18.0. The SMILES string of the molecule is Cn1cnc(-c2cc3nccc(Oc4ccc(NC(=O)CC(CF)Nc5ccccc5)cc4F)c3s2)c1. The smallest absolute Gasteiger partial charge is 0.226 e. The van der Waals surface area contributed by atoms with E-state index in [4.69, 9.17) is 4.74 Å². The van der Waals surface area contributed by atoms with Crippen molar-refractivity contribution in [2.24, 2.45) is 7.05 Å². The fourth-order valence-corrected chi connectivity index (χ4v) is 4.82. The second-order valence-corrected chi connectivity index (χ2v) is 9.47. The van der Waals surface area contributed by atoms with Gasteiger partial charge < -0.3 is 19.9 Å². The Kier molecular flexibility index (Phi) is 7.09. The number of rotatable bonds is 9. The number of benzene rings is 2. The van der Waals surface area contributed by atoms with E-state index in [9.17, 15) is 13.6 Å². The van der Waals surface area contributed by atoms with Crippen molar-refractivity contribution >= 4 is 38.8 Å². The molecular weight excluding hydrogens is 496 g/mol. The molecule has 0 fully saturated rings. The van der Waals surface area contributed by atoms with Crippen LogP contribution in [0.4, 0.5) is 20.2 Å². The molecule has 0 spiro atoms. The van der Waals surface area contributed by atoms with Crippen LogP contribution < -0.4 is 15.4 Å². The van der Waals surface area contributed by atoms with Gasteiger partial charge in [-0.2, -0.15) is 0 Å². The van der Waals surface area contributed by atoms with Crippen LogP contribution in [0.25, 0.3) is 20.8 Å². The lowest BCUT2D eigenvalue weighted by Crippen LogP contribution is -2.28. The molecule has 0 aliphatic heterocycles. The lowest BCUT2D eigenvalue weighted by atomic mass is 10.2. The van der Waals surface area contributed by atoms with E-state index in [1.165, 1.54) is 29.5 Å². The standard InChI is InChI=1S/C27H23F2N5O2S/c1-34-15-22(31-16-34)25-13-21-27(37-25)24(9-10-30-21)36-23-8-7-18(11-20(23)29)33-26(35)12-19(14-28)32-17-5-3-2-4-6-17/h2-11,13,15-16,19,32H,12,14H2,1H3,(H,33,35). The molecule has 2 aromatic carbocycles. The minimum Gasteiger partial charge on any atom is -0.453 e. The number of imidazole rings is 1. The highest BCUT2D eigenvalue weighted by molar-refractivity contribution is 7.22. The van der Waals surface area contributed by atoms with Gasteiger partial charge in [0.05, 0.1) is 33.2 Å². The number of nitrogens with zero attached hydrogens (tertiary/aromatic N) is 3. The topological polar surface area (TPSA) is 81.1 Å². The first-order valence-electron chi connectivity index (χ1n) is 11.5. The quantitative estimate of drug-likeness (QED) is 0.235. The maximum absolute atomic E-state index is 14.9. The molecule has 3 aromatic heterocycles. The highest BCUT2D eigenvalue weighted by Gasteiger charge is 2.16. The zero-order valence-electron chi connectivity index (χ0n) is 19.8. The number of hydrogen-bond acceptors (Lipinski definition) is 6. The molecule has 1 unspecified atom stereocenters. The highest BCUT2D eigenvalue weighted by Crippen LogP contribution is 2.39. The van der Waals surface area contributed by atoms with E-state index in [-0.39, 0.29) is 17.9 Å². The number of aromatic nitrogens is 3. The summed E-state index contributed by atoms with van der Waals surface area (Å²) >= 11 is 1.46. The van der Waals surface area contributed by atoms with Crippen molar-refractivity contribution in [3.63, 3.8) is 0 Å². The van der Waals surface area contributed by atoms with E-state index in [2.05, 4.69) is 20.6 Å². The van der Waals surface area contributed by atoms with Gasteiger partial charge in [0.1, 0.15) is 12.4 Å². The van der Waals surface area contributed by atoms with Crippen molar-refractivity contribution in [2.75, 3.05) is 17.3 Å². The molecule has 5 rings (SSSR count). The Balaban J connectivity index is 1.27. The average molecular weight is 520 g/mol. The van der Waals surface area contributed by atoms with Crippen LogP contribution in [0.1, 0.15) is 6.42 Å². The Hall–Kier alpha value is -4.31. The van der Waals surface area contributed by atoms with Crippen molar-refractivity contribution in [1.82, 2.24) is 14.5 Å². The second-order valence-electron chi connectivity index (χ2n) is 8.42. The summed E-state index contributed by atoms with van der Waals surface area (Å²) in [5.41, 5.74) is 2.50. The van der Waals surface area contributed by atoms with E-state index in [0.717, 1.165) is 20.8 Å². The maximum Gasteiger partial charge on any atom is 0.226 e. The number of para-hydroxylation sites is 1. The molecule has 1 amide bonds. The molecule has 10 heteroatoms. The second kappa shape index (κ2) is 10.8. The van der Waals surface area contributed by atoms with Gasteiger partial charge in [-0.25, -0.2) is 13.8 Å². The average Bonchev–Trinajstić information content (AvgIpc) is 3.52. The van der Waals surface area contributed by atoms with Crippen LogP contribution in [0.5, 0.6) is 11.5 Å². The van der Waals surface area contributed by atoms with Crippen LogP contribution in [-0.2, 0) is 11.8 Å². The van der Waals surface area contributed by atoms with E-state index >= 15 is 0 Å². The highest BCUT2D eigenvalue weighted by atomic mass is 32.1. The third-order valence-corrected chi connectivity index (χ3v) is 6.69. The number of hydrogen-bond donors (Lipinski definition) is 2. The molecule has 0 saturated carbocycles. The van der Waals surface area contributed by atoms with Gasteiger partial charge in [-0.15, -0.1) is 11.3 Å². The predicted molar refractivity (Wildman–Crippen MR) is 141 cm³/mol. The summed E-state index contributed by atoms with van der Waals surface area (Å²) in [6.45, 7) is -0.728. The molecular formula is C27H23F2N5O2S. The van der Waals surface area contributed by atoms with Crippen molar-refractivity contribution in [3.05, 3.63) is 85.2 Å². The van der Waals surface area contributed by atoms with Gasteiger partial charge in [0.15, 0.2) is 11.6 Å². The summed E-state index contributed by atoms with van der Waals surface area (Å²) < 4.78 is 36.9. The van der Waals surface area contributed by atoms with Crippen LogP contribution in [0, 0.1) is 5.82 Å². The number of halogens is 2. The number of carbonyl (C=O) groups excluding carboxylic acids is 1. The van der Waals surface area contributed by atoms with Gasteiger partial charge in [0.2, 0.25) is 5.91 Å². The molecule has 0 aliphatic rings. The first kappa shape index (κ1) is 24.4. The van der Waals surface area contributed by atoms with Gasteiger partial charge in [0.25, 0.3) is 0 Å². The number of ether oxygens (including phenoxy) is 1. The third-order valence-electron chi connectivity index (χ3n) is 5.53. The number of amides is 1. The molecule has 1 atom stereocenters. The number of anilines is 2. The predicted octanol–water partition coefficient (Wildman–Crippen LogP) is 6.41. The fourth-order valence-electron chi connectivity index (χ4n) is 3.79. The largest absolute Gasteiger partial charge is 0.453 e. The normalized spacial score (nSPS) is 11.9. The molecule has 0 aliphatic carbocycles. The molecule has 37 heavy (non-hydrogen) atoms. The van der Waals surface area contributed by atoms with Crippen LogP contribution in [-0.4, -0.2) is 33.2 Å². The summed E-state index contributed by atoms with van der Waals surface area (Å²) in [6.07, 6.45) is 5.12. The van der Waals surface area contributed by atoms with E-state index < -0.39 is 24.4 Å². The summed E-state index contributed by atoms with van der Waals surface area (Å²) in [5, 5.41) is 5.60. The van der Waals surface area contributed by atoms with Gasteiger partial charge >= 0.3 is 0 Å². The van der Waals surface area contributed by atoms with Gasteiger partial charge in [0, 0.05) is 49.4 Å². The lowest BCUT2D eigenvalue weighted by molar-refractivity contribution is -0.116. The summed E-state index contributed by atoms with van der Waals surface area (Å²) in [4.78, 5) is 22.1. The minimum absolute atomic E-state index is 0.00524. The van der Waals surface area contributed by atoms with Gasteiger partial charge in [-0.3, -0.25) is 9.78 Å². The molecule has 0 radical (unpaired) electrons. The number of alkyl halides is 1. The zero-order valence-corrected chi connectivity index (χ0v) is 20.6. The van der Waals surface area contributed by atoms with Crippen LogP contribution >= 0.6 is 11.3 Å². The van der Waals surface area contributed by atoms with Crippen molar-refractivity contribution in [2.45, 2.75) is 12.5 Å². The Morgan fingerprint density at radius 1 is 1.08 bits per heavy atom. The summed E-state index contributed by atoms with van der Waals surface area (Å²) in [5.74, 6) is -0.611. The molecule has 3 heterocycles. The molecule has 5 aromatic rings. The zero-order chi connectivity index (χ0) is 25.8. The maximum atomic E-state index is 14.9.